The topological polar surface area (TPSA) is 27.7 Å². The molecule has 0 aliphatic heterocycles. The highest BCUT2D eigenvalue weighted by Gasteiger charge is 2.42. The average molecular weight is 377 g/mol. The molecule has 0 N–H and O–H groups in total. The van der Waals surface area contributed by atoms with E-state index in [1.807, 2.05) is 26.8 Å². The van der Waals surface area contributed by atoms with Gasteiger partial charge in [-0.15, -0.1) is 0 Å². The monoisotopic (exact) mass is 376 g/mol. The van der Waals surface area contributed by atoms with Crippen LogP contribution in [0.25, 0.3) is 6.08 Å². The number of hydrogen-bond acceptors (Lipinski definition) is 3. The zero-order valence-electron chi connectivity index (χ0n) is 18.0. The van der Waals surface area contributed by atoms with Crippen LogP contribution in [0.4, 0.5) is 0 Å². The minimum absolute atomic E-state index is 0.0309. The Hall–Kier alpha value is -1.16. The minimum Gasteiger partial charge on any atom is -0.327 e. The molecule has 0 fully saturated rings. The van der Waals surface area contributed by atoms with Crippen molar-refractivity contribution in [2.45, 2.75) is 84.5 Å². The van der Waals surface area contributed by atoms with E-state index in [2.05, 4.69) is 37.8 Å². The van der Waals surface area contributed by atoms with Gasteiger partial charge in [-0.1, -0.05) is 82.4 Å². The Labute approximate surface area is 167 Å². The summed E-state index contributed by atoms with van der Waals surface area (Å²) in [6.07, 6.45) is 10.4. The standard InChI is InChI=1S/C24H40O3/c1-6-11-12-13-14-15-19-23(22-18-16-17-21(7-2)20-22)24(25-8-3,26-9-4)27-10-5/h7,16-18,20,23H,2,6,8-15,19H2,1,3-5H3. The van der Waals surface area contributed by atoms with E-state index in [1.54, 1.807) is 0 Å². The highest BCUT2D eigenvalue weighted by molar-refractivity contribution is 5.48. The Bertz CT molecular complexity index is 495. The van der Waals surface area contributed by atoms with Crippen molar-refractivity contribution < 1.29 is 14.2 Å². The second-order valence-electron chi connectivity index (χ2n) is 6.89. The van der Waals surface area contributed by atoms with Crippen LogP contribution in [0.1, 0.15) is 89.7 Å². The SMILES string of the molecule is C=Cc1cccc(C(CCCCCCCC)C(OCC)(OCC)OCC)c1. The van der Waals surface area contributed by atoms with Crippen molar-refractivity contribution in [1.29, 1.82) is 0 Å². The maximum absolute atomic E-state index is 6.13. The molecular weight excluding hydrogens is 336 g/mol. The van der Waals surface area contributed by atoms with Gasteiger partial charge in [0.25, 0.3) is 5.97 Å². The summed E-state index contributed by atoms with van der Waals surface area (Å²) >= 11 is 0. The molecule has 3 heteroatoms. The Balaban J connectivity index is 3.06. The summed E-state index contributed by atoms with van der Waals surface area (Å²) in [7, 11) is 0. The zero-order chi connectivity index (χ0) is 20.0. The minimum atomic E-state index is -1.03. The van der Waals surface area contributed by atoms with E-state index in [1.165, 1.54) is 37.7 Å². The summed E-state index contributed by atoms with van der Waals surface area (Å²) in [5, 5.41) is 0. The molecule has 0 spiro atoms. The Morgan fingerprint density at radius 2 is 1.48 bits per heavy atom. The number of hydrogen-bond donors (Lipinski definition) is 0. The fourth-order valence-electron chi connectivity index (χ4n) is 3.61. The molecule has 1 aromatic rings. The molecular formula is C24H40O3. The highest BCUT2D eigenvalue weighted by atomic mass is 16.9. The molecule has 3 nitrogen and oxygen atoms in total. The normalized spacial score (nSPS) is 12.9. The third kappa shape index (κ3) is 7.77. The van der Waals surface area contributed by atoms with Crippen LogP contribution in [-0.4, -0.2) is 25.8 Å². The lowest BCUT2D eigenvalue weighted by molar-refractivity contribution is -0.389. The Kier molecular flexibility index (Phi) is 12.3. The van der Waals surface area contributed by atoms with E-state index in [0.29, 0.717) is 19.8 Å². The first-order valence-electron chi connectivity index (χ1n) is 10.8. The van der Waals surface area contributed by atoms with Crippen molar-refractivity contribution in [1.82, 2.24) is 0 Å². The third-order valence-corrected chi connectivity index (χ3v) is 4.86. The van der Waals surface area contributed by atoms with E-state index in [9.17, 15) is 0 Å². The Morgan fingerprint density at radius 3 is 2.04 bits per heavy atom. The molecule has 1 atom stereocenters. The number of rotatable bonds is 16. The van der Waals surface area contributed by atoms with Crippen LogP contribution < -0.4 is 0 Å². The summed E-state index contributed by atoms with van der Waals surface area (Å²) in [4.78, 5) is 0. The van der Waals surface area contributed by atoms with Gasteiger partial charge in [-0.25, -0.2) is 0 Å². The van der Waals surface area contributed by atoms with Crippen LogP contribution in [0.2, 0.25) is 0 Å². The number of benzene rings is 1. The van der Waals surface area contributed by atoms with E-state index in [4.69, 9.17) is 14.2 Å². The van der Waals surface area contributed by atoms with E-state index >= 15 is 0 Å². The summed E-state index contributed by atoms with van der Waals surface area (Å²) in [6, 6.07) is 8.48. The lowest BCUT2D eigenvalue weighted by Crippen LogP contribution is -2.45. The van der Waals surface area contributed by atoms with Crippen LogP contribution in [0.3, 0.4) is 0 Å². The second kappa shape index (κ2) is 13.9. The fourth-order valence-corrected chi connectivity index (χ4v) is 3.61. The maximum Gasteiger partial charge on any atom is 0.290 e. The molecule has 1 unspecified atom stereocenters. The molecule has 0 saturated heterocycles. The van der Waals surface area contributed by atoms with Crippen LogP contribution in [0, 0.1) is 0 Å². The van der Waals surface area contributed by atoms with Crippen LogP contribution in [0.5, 0.6) is 0 Å². The van der Waals surface area contributed by atoms with E-state index in [0.717, 1.165) is 18.4 Å². The molecule has 0 aromatic heterocycles. The van der Waals surface area contributed by atoms with Gasteiger partial charge in [0.1, 0.15) is 0 Å². The first kappa shape index (κ1) is 23.9. The lowest BCUT2D eigenvalue weighted by Gasteiger charge is -2.39. The van der Waals surface area contributed by atoms with Gasteiger partial charge >= 0.3 is 0 Å². The summed E-state index contributed by atoms with van der Waals surface area (Å²) < 4.78 is 18.4. The molecule has 0 bridgehead atoms. The maximum atomic E-state index is 6.13. The predicted octanol–water partition coefficient (Wildman–Crippen LogP) is 6.93. The molecule has 27 heavy (non-hydrogen) atoms. The average Bonchev–Trinajstić information content (AvgIpc) is 2.68. The van der Waals surface area contributed by atoms with Crippen molar-refractivity contribution in [2.24, 2.45) is 0 Å². The smallest absolute Gasteiger partial charge is 0.290 e. The molecule has 154 valence electrons. The lowest BCUT2D eigenvalue weighted by atomic mass is 9.89. The molecule has 0 amide bonds. The van der Waals surface area contributed by atoms with Gasteiger partial charge in [-0.3, -0.25) is 0 Å². The highest BCUT2D eigenvalue weighted by Crippen LogP contribution is 2.39. The summed E-state index contributed by atoms with van der Waals surface area (Å²) in [5.74, 6) is -0.995. The van der Waals surface area contributed by atoms with E-state index in [-0.39, 0.29) is 5.92 Å². The van der Waals surface area contributed by atoms with Gasteiger partial charge < -0.3 is 14.2 Å². The van der Waals surface area contributed by atoms with Crippen LogP contribution in [-0.2, 0) is 14.2 Å². The van der Waals surface area contributed by atoms with Crippen LogP contribution >= 0.6 is 0 Å². The van der Waals surface area contributed by atoms with Crippen molar-refractivity contribution in [3.8, 4) is 0 Å². The molecule has 0 saturated carbocycles. The second-order valence-corrected chi connectivity index (χ2v) is 6.89. The quantitative estimate of drug-likeness (QED) is 0.231. The first-order chi connectivity index (χ1) is 13.2. The molecule has 0 aliphatic rings. The van der Waals surface area contributed by atoms with Gasteiger partial charge in [0.2, 0.25) is 0 Å². The van der Waals surface area contributed by atoms with Crippen molar-refractivity contribution in [2.75, 3.05) is 19.8 Å². The summed E-state index contributed by atoms with van der Waals surface area (Å²) in [6.45, 7) is 13.8. The van der Waals surface area contributed by atoms with E-state index < -0.39 is 5.97 Å². The molecule has 1 aromatic carbocycles. The number of ether oxygens (including phenoxy) is 3. The van der Waals surface area contributed by atoms with Crippen molar-refractivity contribution in [3.05, 3.63) is 42.0 Å². The van der Waals surface area contributed by atoms with Gasteiger partial charge in [0.15, 0.2) is 0 Å². The zero-order valence-corrected chi connectivity index (χ0v) is 18.0. The van der Waals surface area contributed by atoms with Crippen molar-refractivity contribution in [3.63, 3.8) is 0 Å². The number of unbranched alkanes of at least 4 members (excludes halogenated alkanes) is 5. The molecule has 0 heterocycles. The Morgan fingerprint density at radius 1 is 0.889 bits per heavy atom. The van der Waals surface area contributed by atoms with Crippen molar-refractivity contribution >= 4 is 6.08 Å². The molecule has 1 rings (SSSR count). The summed E-state index contributed by atoms with van der Waals surface area (Å²) in [5.41, 5.74) is 2.30. The molecule has 0 radical (unpaired) electrons. The predicted molar refractivity (Wildman–Crippen MR) is 115 cm³/mol. The first-order valence-corrected chi connectivity index (χ1v) is 10.8. The van der Waals surface area contributed by atoms with Gasteiger partial charge in [0.05, 0.1) is 5.92 Å². The fraction of sp³-hybridized carbons (Fsp3) is 0.667. The van der Waals surface area contributed by atoms with Gasteiger partial charge in [0, 0.05) is 19.8 Å². The molecule has 0 aliphatic carbocycles. The third-order valence-electron chi connectivity index (χ3n) is 4.86. The van der Waals surface area contributed by atoms with Gasteiger partial charge in [-0.2, -0.15) is 0 Å². The van der Waals surface area contributed by atoms with Gasteiger partial charge in [-0.05, 0) is 38.3 Å². The largest absolute Gasteiger partial charge is 0.327 e. The van der Waals surface area contributed by atoms with Crippen LogP contribution in [0.15, 0.2) is 30.8 Å².